The smallest absolute Gasteiger partial charge is 0.472 e. The lowest BCUT2D eigenvalue weighted by atomic mass is 9.92. The summed E-state index contributed by atoms with van der Waals surface area (Å²) in [6, 6.07) is 10.2. The average molecular weight is 951 g/mol. The molecule has 6 rings (SSSR count). The second-order valence-electron chi connectivity index (χ2n) is 14.3. The summed E-state index contributed by atoms with van der Waals surface area (Å²) in [5, 5.41) is 14.0. The predicted molar refractivity (Wildman–Crippen MR) is 224 cm³/mol. The highest BCUT2D eigenvalue weighted by Gasteiger charge is 2.50. The number of hydrogen-bond donors (Lipinski definition) is 6. The molecule has 354 valence electrons. The van der Waals surface area contributed by atoms with Gasteiger partial charge < -0.3 is 55.3 Å². The number of imidazole rings is 1. The van der Waals surface area contributed by atoms with E-state index < -0.39 is 102 Å². The Hall–Kier alpha value is -5.30. The van der Waals surface area contributed by atoms with Crippen LogP contribution in [0.4, 0.5) is 11.6 Å². The van der Waals surface area contributed by atoms with E-state index in [1.54, 1.807) is 36.4 Å². The van der Waals surface area contributed by atoms with Gasteiger partial charge >= 0.3 is 19.5 Å². The Morgan fingerprint density at radius 1 is 1.05 bits per heavy atom. The number of phosphoric acid groups is 2. The van der Waals surface area contributed by atoms with Crippen LogP contribution in [0.15, 0.2) is 72.7 Å². The first-order valence-electron chi connectivity index (χ1n) is 20.2. The van der Waals surface area contributed by atoms with Crippen molar-refractivity contribution in [2.24, 2.45) is 5.92 Å². The van der Waals surface area contributed by atoms with Crippen molar-refractivity contribution >= 4 is 56.1 Å². The van der Waals surface area contributed by atoms with Crippen LogP contribution in [-0.2, 0) is 57.7 Å². The van der Waals surface area contributed by atoms with E-state index in [9.17, 15) is 48.1 Å². The molecule has 25 nitrogen and oxygen atoms in total. The molecule has 5 heterocycles. The van der Waals surface area contributed by atoms with Crippen LogP contribution in [-0.4, -0.2) is 112 Å². The van der Waals surface area contributed by atoms with E-state index in [1.807, 2.05) is 13.8 Å². The Kier molecular flexibility index (Phi) is 17.7. The first-order valence-corrected chi connectivity index (χ1v) is 23.1. The number of esters is 1. The van der Waals surface area contributed by atoms with E-state index in [0.717, 1.165) is 16.5 Å². The number of nitrogens with two attached hydrogens (primary N) is 2. The van der Waals surface area contributed by atoms with E-state index in [-0.39, 0.29) is 54.3 Å². The van der Waals surface area contributed by atoms with Crippen molar-refractivity contribution in [3.05, 3.63) is 84.0 Å². The van der Waals surface area contributed by atoms with E-state index in [0.29, 0.717) is 6.42 Å². The maximum absolute atomic E-state index is 13.5. The van der Waals surface area contributed by atoms with E-state index in [2.05, 4.69) is 36.4 Å². The molecule has 3 aromatic heterocycles. The summed E-state index contributed by atoms with van der Waals surface area (Å²) in [6.45, 7) is 5.06. The van der Waals surface area contributed by atoms with Gasteiger partial charge in [-0.2, -0.15) is 4.98 Å². The Balaban J connectivity index is 0.00000391. The molecule has 0 saturated carbocycles. The van der Waals surface area contributed by atoms with Gasteiger partial charge in [0.1, 0.15) is 60.6 Å². The number of amides is 1. The highest BCUT2D eigenvalue weighted by atomic mass is 31.2. The van der Waals surface area contributed by atoms with E-state index in [1.165, 1.54) is 23.2 Å². The number of phosphoric ester groups is 2. The largest absolute Gasteiger partial charge is 0.756 e. The van der Waals surface area contributed by atoms with Crippen LogP contribution in [0.2, 0.25) is 0 Å². The van der Waals surface area contributed by atoms with Gasteiger partial charge in [-0.05, 0) is 24.5 Å². The van der Waals surface area contributed by atoms with Crippen LogP contribution in [0, 0.1) is 5.92 Å². The lowest BCUT2D eigenvalue weighted by Crippen LogP contribution is -2.42. The van der Waals surface area contributed by atoms with Crippen LogP contribution >= 0.6 is 15.6 Å². The highest BCUT2D eigenvalue weighted by Crippen LogP contribution is 2.49. The summed E-state index contributed by atoms with van der Waals surface area (Å²) >= 11 is 0. The number of nitrogen functional groups attached to an aromatic ring is 2. The second-order valence-corrected chi connectivity index (χ2v) is 16.9. The predicted octanol–water partition coefficient (Wildman–Crippen LogP) is 0.611. The summed E-state index contributed by atoms with van der Waals surface area (Å²) < 4.78 is 59.4. The number of rotatable bonds is 21. The number of hydrogen-bond acceptors (Lipinski definition) is 20. The first kappa shape index (κ1) is 50.7. The van der Waals surface area contributed by atoms with Gasteiger partial charge in [0.2, 0.25) is 5.91 Å². The molecule has 65 heavy (non-hydrogen) atoms. The number of allylic oxidation sites excluding steroid dienone is 1. The molecule has 2 saturated heterocycles. The van der Waals surface area contributed by atoms with Gasteiger partial charge in [0.25, 0.3) is 7.82 Å². The molecule has 10 atom stereocenters. The van der Waals surface area contributed by atoms with Crippen LogP contribution in [0.3, 0.4) is 0 Å². The minimum absolute atomic E-state index is 0.00685. The molecule has 0 bridgehead atoms. The molecule has 1 amide bonds. The van der Waals surface area contributed by atoms with Crippen LogP contribution < -0.4 is 27.4 Å². The Morgan fingerprint density at radius 3 is 2.46 bits per heavy atom. The minimum atomic E-state index is -5.33. The lowest BCUT2D eigenvalue weighted by molar-refractivity contribution is -0.222. The zero-order chi connectivity index (χ0) is 47.5. The quantitative estimate of drug-likeness (QED) is 0.0378. The van der Waals surface area contributed by atoms with Crippen LogP contribution in [0.5, 0.6) is 0 Å². The molecular weight excluding hydrogens is 900 g/mol. The van der Waals surface area contributed by atoms with Crippen molar-refractivity contribution in [1.29, 1.82) is 0 Å². The number of benzene rings is 1. The first-order chi connectivity index (χ1) is 30.9. The summed E-state index contributed by atoms with van der Waals surface area (Å²) in [5.41, 5.74) is 11.6. The van der Waals surface area contributed by atoms with Crippen molar-refractivity contribution in [3.63, 3.8) is 0 Å². The lowest BCUT2D eigenvalue weighted by Gasteiger charge is -2.25. The third-order valence-electron chi connectivity index (χ3n) is 9.86. The number of carbonyl (C=O) groups is 3. The number of aliphatic hydroxyl groups is 1. The number of aromatic nitrogens is 6. The number of carbonyl (C=O) groups excluding carboxylic acids is 3. The van der Waals surface area contributed by atoms with Crippen molar-refractivity contribution in [3.8, 4) is 0 Å². The Labute approximate surface area is 370 Å². The third-order valence-corrected chi connectivity index (χ3v) is 11.3. The fourth-order valence-corrected chi connectivity index (χ4v) is 8.19. The van der Waals surface area contributed by atoms with Gasteiger partial charge in [-0.15, -0.1) is 6.58 Å². The summed E-state index contributed by atoms with van der Waals surface area (Å²) in [5.74, 6) is -2.86. The Morgan fingerprint density at radius 2 is 1.77 bits per heavy atom. The molecular formula is C38H50N9O16P2-. The van der Waals surface area contributed by atoms with Crippen molar-refractivity contribution in [2.75, 3.05) is 31.2 Å². The van der Waals surface area contributed by atoms with Gasteiger partial charge in [0, 0.05) is 31.4 Å². The SMILES string of the molecule is C=CCCC(=O)C[C@@H](Cc1ccccc1)C(=O)NCC(=O)OC1[C@@H](COP(=O)(O)OC2C[C@H](n3ccc(N)nc3=O)O[C@@H]2COP(=O)([O-])O)O[C@@H](n2cnc3c(N)ncnc32)[C@H]1O.CC. The molecule has 0 radical (unpaired) electrons. The number of ether oxygens (including phenoxy) is 3. The number of nitrogens with one attached hydrogen (secondary N) is 1. The van der Waals surface area contributed by atoms with Crippen LogP contribution in [0.1, 0.15) is 57.6 Å². The van der Waals surface area contributed by atoms with Gasteiger partial charge in [-0.3, -0.25) is 37.1 Å². The number of anilines is 2. The molecule has 0 aliphatic carbocycles. The summed E-state index contributed by atoms with van der Waals surface area (Å²) in [7, 11) is -10.6. The summed E-state index contributed by atoms with van der Waals surface area (Å²) in [6.07, 6.45) is -5.19. The number of ketones is 1. The normalized spacial score (nSPS) is 23.9. The maximum atomic E-state index is 13.5. The standard InChI is InChI=1S/C36H45N9O16P2.C2H6/c1-2-3-9-22(46)13-21(12-20-7-5-4-6-8-20)34(49)39-15-28(47)60-31-25(59-35(30(31)48)45-19-42-29-32(38)40-18-41-33(29)45)17-57-63(54,55)61-23-14-27(44-11-10-26(37)43-36(44)50)58-24(23)16-56-62(51,52)53;1-2/h2,4-8,10-11,18-19,21,23-25,27,30-31,35,48H,1,3,9,12-17H2,(H,39,49)(H,54,55)(H2,37,43,50)(H2,38,40,41)(H2,51,52,53);1-2H3/p-1/t21-,23?,24-,25-,27-,30+,31?,35-;/m1./s1. The van der Waals surface area contributed by atoms with Crippen molar-refractivity contribution in [1.82, 2.24) is 34.4 Å². The topological polar surface area (TPSA) is 367 Å². The molecule has 1 aromatic carbocycles. The fourth-order valence-electron chi connectivity index (χ4n) is 6.89. The van der Waals surface area contributed by atoms with Gasteiger partial charge in [-0.1, -0.05) is 50.3 Å². The molecule has 8 N–H and O–H groups in total. The highest BCUT2D eigenvalue weighted by molar-refractivity contribution is 7.47. The molecule has 4 unspecified atom stereocenters. The molecule has 2 fully saturated rings. The summed E-state index contributed by atoms with van der Waals surface area (Å²) in [4.78, 5) is 99.2. The monoisotopic (exact) mass is 950 g/mol. The van der Waals surface area contributed by atoms with E-state index in [4.69, 9.17) is 34.7 Å². The van der Waals surface area contributed by atoms with Crippen LogP contribution in [0.25, 0.3) is 11.2 Å². The van der Waals surface area contributed by atoms with E-state index >= 15 is 0 Å². The third kappa shape index (κ3) is 13.9. The molecule has 4 aromatic rings. The fraction of sp³-hybridized carbons (Fsp3) is 0.474. The maximum Gasteiger partial charge on any atom is 0.472 e. The molecule has 2 aliphatic heterocycles. The number of nitrogens with zero attached hydrogens (tertiary/aromatic N) is 6. The Bertz CT molecular complexity index is 2440. The van der Waals surface area contributed by atoms with Crippen molar-refractivity contribution in [2.45, 2.75) is 88.9 Å². The van der Waals surface area contributed by atoms with Gasteiger partial charge in [-0.25, -0.2) is 24.3 Å². The van der Waals surface area contributed by atoms with Crippen molar-refractivity contribution < 1.29 is 71.1 Å². The zero-order valence-electron chi connectivity index (χ0n) is 35.1. The zero-order valence-corrected chi connectivity index (χ0v) is 36.9. The number of Topliss-reactive ketones (excluding diaryl/α,β-unsaturated/α-hetero) is 1. The average Bonchev–Trinajstić information content (AvgIpc) is 3.96. The van der Waals surface area contributed by atoms with Gasteiger partial charge in [0.05, 0.1) is 19.5 Å². The number of aliphatic hydroxyl groups excluding tert-OH is 1. The van der Waals surface area contributed by atoms with Gasteiger partial charge in [0.15, 0.2) is 23.8 Å². The number of fused-ring (bicyclic) bond motifs is 1. The molecule has 27 heteroatoms. The molecule has 0 spiro atoms. The molecule has 2 aliphatic rings. The minimum Gasteiger partial charge on any atom is -0.756 e. The second kappa shape index (κ2) is 22.7.